The third kappa shape index (κ3) is 9.77. The molecule has 0 spiro atoms. The van der Waals surface area contributed by atoms with Crippen molar-refractivity contribution >= 4 is 18.1 Å². The second-order valence-electron chi connectivity index (χ2n) is 6.48. The fraction of sp³-hybridized carbons (Fsp3) is 1.00. The molecule has 2 fully saturated rings. The van der Waals surface area contributed by atoms with Gasteiger partial charge in [-0.15, -0.1) is 0 Å². The van der Waals surface area contributed by atoms with Crippen molar-refractivity contribution in [1.82, 2.24) is 0 Å². The molecule has 2 atom stereocenters. The normalized spacial score (nSPS) is 24.9. The van der Waals surface area contributed by atoms with Gasteiger partial charge in [-0.3, -0.25) is 0 Å². The first-order chi connectivity index (χ1) is 10.2. The first-order valence-corrected chi connectivity index (χ1v) is 12.9. The molecule has 0 saturated carbocycles. The zero-order chi connectivity index (χ0) is 15.0. The molecule has 21 heavy (non-hydrogen) atoms. The smallest absolute Gasteiger partial charge is 0.173 e. The molecule has 2 saturated heterocycles. The minimum absolute atomic E-state index is 0.377. The fourth-order valence-electron chi connectivity index (χ4n) is 2.08. The summed E-state index contributed by atoms with van der Waals surface area (Å²) in [5, 5.41) is 0. The summed E-state index contributed by atoms with van der Waals surface area (Å²) in [6, 6.07) is 2.42. The standard InChI is InChI=1S/C14H30O5Si2/c1-21(2,8-4-6-16-10-14-12-18-14)19-20-7-3-5-15-9-13-11-17-13/h13-14H,3-12,20H2,1-2H3. The van der Waals surface area contributed by atoms with Crippen LogP contribution in [0.15, 0.2) is 0 Å². The Labute approximate surface area is 131 Å². The van der Waals surface area contributed by atoms with Gasteiger partial charge in [0.15, 0.2) is 8.32 Å². The first kappa shape index (κ1) is 17.6. The van der Waals surface area contributed by atoms with E-state index in [1.807, 2.05) is 0 Å². The van der Waals surface area contributed by atoms with E-state index in [2.05, 4.69) is 13.1 Å². The van der Waals surface area contributed by atoms with Crippen molar-refractivity contribution in [1.29, 1.82) is 0 Å². The van der Waals surface area contributed by atoms with Crippen molar-refractivity contribution in [2.24, 2.45) is 0 Å². The molecule has 2 rings (SSSR count). The second-order valence-corrected chi connectivity index (χ2v) is 12.8. The summed E-state index contributed by atoms with van der Waals surface area (Å²) < 4.78 is 27.5. The summed E-state index contributed by atoms with van der Waals surface area (Å²) in [7, 11) is -1.83. The lowest BCUT2D eigenvalue weighted by Gasteiger charge is -2.23. The van der Waals surface area contributed by atoms with E-state index in [9.17, 15) is 0 Å². The molecule has 2 aliphatic heterocycles. The number of rotatable bonds is 14. The average Bonchev–Trinajstić information content (AvgIpc) is 3.31. The van der Waals surface area contributed by atoms with E-state index in [0.29, 0.717) is 12.2 Å². The first-order valence-electron chi connectivity index (χ1n) is 8.18. The van der Waals surface area contributed by atoms with Gasteiger partial charge in [-0.1, -0.05) is 0 Å². The summed E-state index contributed by atoms with van der Waals surface area (Å²) in [6.45, 7) is 9.66. The quantitative estimate of drug-likeness (QED) is 0.272. The lowest BCUT2D eigenvalue weighted by atomic mass is 10.5. The molecular weight excluding hydrogens is 304 g/mol. The molecule has 0 aromatic heterocycles. The maximum Gasteiger partial charge on any atom is 0.173 e. The minimum Gasteiger partial charge on any atom is -0.460 e. The van der Waals surface area contributed by atoms with Gasteiger partial charge in [-0.05, 0) is 38.0 Å². The Morgan fingerprint density at radius 1 is 1.00 bits per heavy atom. The summed E-state index contributed by atoms with van der Waals surface area (Å²) in [5.41, 5.74) is 0. The lowest BCUT2D eigenvalue weighted by molar-refractivity contribution is 0.116. The predicted molar refractivity (Wildman–Crippen MR) is 87.1 cm³/mol. The van der Waals surface area contributed by atoms with Crippen molar-refractivity contribution in [3.8, 4) is 0 Å². The van der Waals surface area contributed by atoms with E-state index in [-0.39, 0.29) is 9.76 Å². The van der Waals surface area contributed by atoms with Crippen LogP contribution in [0.4, 0.5) is 0 Å². The lowest BCUT2D eigenvalue weighted by Crippen LogP contribution is -2.32. The highest BCUT2D eigenvalue weighted by atomic mass is 28.4. The van der Waals surface area contributed by atoms with E-state index in [4.69, 9.17) is 23.1 Å². The second kappa shape index (κ2) is 9.39. The molecule has 0 aromatic carbocycles. The van der Waals surface area contributed by atoms with Crippen LogP contribution >= 0.6 is 0 Å². The molecule has 0 amide bonds. The summed E-state index contributed by atoms with van der Waals surface area (Å²) in [4.78, 5) is 0. The van der Waals surface area contributed by atoms with E-state index in [1.165, 1.54) is 12.1 Å². The molecule has 0 aromatic rings. The van der Waals surface area contributed by atoms with Gasteiger partial charge in [0.05, 0.1) is 26.4 Å². The molecule has 7 heteroatoms. The maximum atomic E-state index is 6.23. The summed E-state index contributed by atoms with van der Waals surface area (Å²) in [6.07, 6.45) is 3.02. The Balaban J connectivity index is 1.34. The number of hydrogen-bond donors (Lipinski definition) is 0. The summed E-state index contributed by atoms with van der Waals surface area (Å²) >= 11 is 0. The molecule has 0 radical (unpaired) electrons. The highest BCUT2D eigenvalue weighted by Gasteiger charge is 2.24. The highest BCUT2D eigenvalue weighted by Crippen LogP contribution is 2.15. The zero-order valence-electron chi connectivity index (χ0n) is 13.5. The molecule has 5 nitrogen and oxygen atoms in total. The molecule has 124 valence electrons. The Kier molecular flexibility index (Phi) is 7.86. The van der Waals surface area contributed by atoms with Crippen molar-refractivity contribution in [3.05, 3.63) is 0 Å². The fourth-order valence-corrected chi connectivity index (χ4v) is 6.85. The largest absolute Gasteiger partial charge is 0.460 e. The monoisotopic (exact) mass is 334 g/mol. The van der Waals surface area contributed by atoms with Gasteiger partial charge >= 0.3 is 0 Å². The molecule has 2 aliphatic rings. The van der Waals surface area contributed by atoms with Gasteiger partial charge < -0.3 is 23.1 Å². The van der Waals surface area contributed by atoms with Crippen LogP contribution in [0.3, 0.4) is 0 Å². The van der Waals surface area contributed by atoms with Crippen LogP contribution in [0.5, 0.6) is 0 Å². The van der Waals surface area contributed by atoms with Crippen molar-refractivity contribution in [3.63, 3.8) is 0 Å². The topological polar surface area (TPSA) is 52.8 Å². The zero-order valence-corrected chi connectivity index (χ0v) is 15.9. The van der Waals surface area contributed by atoms with Crippen molar-refractivity contribution < 1.29 is 23.1 Å². The van der Waals surface area contributed by atoms with Crippen LogP contribution in [0, 0.1) is 0 Å². The molecule has 0 N–H and O–H groups in total. The van der Waals surface area contributed by atoms with Crippen LogP contribution in [-0.4, -0.2) is 69.9 Å². The van der Waals surface area contributed by atoms with E-state index in [1.54, 1.807) is 0 Å². The molecule has 0 bridgehead atoms. The summed E-state index contributed by atoms with van der Waals surface area (Å²) in [5.74, 6) is 0. The van der Waals surface area contributed by atoms with E-state index >= 15 is 0 Å². The van der Waals surface area contributed by atoms with Crippen LogP contribution in [-0.2, 0) is 23.1 Å². The Bertz CT molecular complexity index is 283. The average molecular weight is 335 g/mol. The Morgan fingerprint density at radius 3 is 2.14 bits per heavy atom. The molecular formula is C14H30O5Si2. The van der Waals surface area contributed by atoms with Crippen LogP contribution < -0.4 is 0 Å². The van der Waals surface area contributed by atoms with Gasteiger partial charge in [0.2, 0.25) is 0 Å². The maximum absolute atomic E-state index is 6.23. The number of ether oxygens (including phenoxy) is 4. The third-order valence-corrected chi connectivity index (χ3v) is 9.94. The van der Waals surface area contributed by atoms with Crippen LogP contribution in [0.1, 0.15) is 12.8 Å². The van der Waals surface area contributed by atoms with E-state index < -0.39 is 8.32 Å². The van der Waals surface area contributed by atoms with Gasteiger partial charge in [-0.2, -0.15) is 0 Å². The Hall–Kier alpha value is 0.234. The molecule has 2 unspecified atom stereocenters. The number of epoxide rings is 2. The third-order valence-electron chi connectivity index (χ3n) is 3.66. The van der Waals surface area contributed by atoms with Gasteiger partial charge in [0.1, 0.15) is 22.0 Å². The van der Waals surface area contributed by atoms with Gasteiger partial charge in [0, 0.05) is 13.2 Å². The van der Waals surface area contributed by atoms with Gasteiger partial charge in [-0.25, -0.2) is 0 Å². The van der Waals surface area contributed by atoms with E-state index in [0.717, 1.165) is 52.5 Å². The van der Waals surface area contributed by atoms with Crippen LogP contribution in [0.25, 0.3) is 0 Å². The van der Waals surface area contributed by atoms with Crippen LogP contribution in [0.2, 0.25) is 25.2 Å². The number of hydrogen-bond acceptors (Lipinski definition) is 5. The Morgan fingerprint density at radius 2 is 1.57 bits per heavy atom. The van der Waals surface area contributed by atoms with Crippen molar-refractivity contribution in [2.45, 2.75) is 50.2 Å². The minimum atomic E-state index is -1.45. The van der Waals surface area contributed by atoms with Gasteiger partial charge in [0.25, 0.3) is 0 Å². The molecule has 2 heterocycles. The SMILES string of the molecule is C[Si](C)(CCCOCC1CO1)O[SiH2]CCCOCC1CO1. The van der Waals surface area contributed by atoms with Crippen molar-refractivity contribution in [2.75, 3.05) is 39.6 Å². The highest BCUT2D eigenvalue weighted by molar-refractivity contribution is 6.75. The predicted octanol–water partition coefficient (Wildman–Crippen LogP) is 1.32. The molecule has 0 aliphatic carbocycles.